The number of hydrogen-bond donors (Lipinski definition) is 3. The predicted octanol–water partition coefficient (Wildman–Crippen LogP) is 5.89. The highest BCUT2D eigenvalue weighted by molar-refractivity contribution is 6.30. The number of halogens is 1. The maximum atomic E-state index is 10.1. The molecule has 4 heteroatoms. The normalized spacial score (nSPS) is 12.0. The number of phenolic OH excluding ortho intramolecular Hbond substituents is 1. The van der Waals surface area contributed by atoms with Gasteiger partial charge in [0.1, 0.15) is 10.6 Å². The molecule has 0 aliphatic carbocycles. The first-order valence-corrected chi connectivity index (χ1v) is 9.17. The Bertz CT molecular complexity index is 1190. The standard InChI is InChI=1S/C23H17ClN2O/c24-23(15-6-5-7-16(27)12-15,19-13-25-21-10-3-1-8-17(19)21)20-14-26-22-11-4-2-9-18(20)22/h1-14,25-27H. The van der Waals surface area contributed by atoms with Crippen molar-refractivity contribution in [3.63, 3.8) is 0 Å². The van der Waals surface area contributed by atoms with Crippen molar-refractivity contribution >= 4 is 33.4 Å². The van der Waals surface area contributed by atoms with Crippen LogP contribution < -0.4 is 0 Å². The van der Waals surface area contributed by atoms with Gasteiger partial charge in [-0.05, 0) is 29.8 Å². The number of alkyl halides is 1. The summed E-state index contributed by atoms with van der Waals surface area (Å²) in [7, 11) is 0. The number of benzene rings is 3. The minimum absolute atomic E-state index is 0.192. The van der Waals surface area contributed by atoms with Crippen LogP contribution in [0.1, 0.15) is 16.7 Å². The van der Waals surface area contributed by atoms with Gasteiger partial charge in [0.25, 0.3) is 0 Å². The van der Waals surface area contributed by atoms with Gasteiger partial charge in [-0.15, -0.1) is 11.6 Å². The van der Waals surface area contributed by atoms with Gasteiger partial charge >= 0.3 is 0 Å². The average molecular weight is 373 g/mol. The van der Waals surface area contributed by atoms with Gasteiger partial charge in [-0.1, -0.05) is 48.5 Å². The molecule has 0 bridgehead atoms. The quantitative estimate of drug-likeness (QED) is 0.340. The van der Waals surface area contributed by atoms with Crippen molar-refractivity contribution in [2.45, 2.75) is 4.87 Å². The number of aromatic hydroxyl groups is 1. The van der Waals surface area contributed by atoms with E-state index < -0.39 is 4.87 Å². The van der Waals surface area contributed by atoms with Gasteiger partial charge in [-0.25, -0.2) is 0 Å². The van der Waals surface area contributed by atoms with E-state index in [1.165, 1.54) is 0 Å². The van der Waals surface area contributed by atoms with Crippen LogP contribution in [0.15, 0.2) is 85.2 Å². The Morgan fingerprint density at radius 1 is 0.704 bits per heavy atom. The molecule has 0 saturated carbocycles. The minimum Gasteiger partial charge on any atom is -0.508 e. The van der Waals surface area contributed by atoms with Gasteiger partial charge in [-0.2, -0.15) is 0 Å². The maximum absolute atomic E-state index is 10.1. The third kappa shape index (κ3) is 2.36. The van der Waals surface area contributed by atoms with Gasteiger partial charge in [0.15, 0.2) is 0 Å². The molecule has 3 nitrogen and oxygen atoms in total. The molecule has 0 atom stereocenters. The van der Waals surface area contributed by atoms with Gasteiger partial charge in [0.2, 0.25) is 0 Å². The van der Waals surface area contributed by atoms with E-state index in [1.807, 2.05) is 60.9 Å². The number of phenols is 1. The van der Waals surface area contributed by atoms with Crippen molar-refractivity contribution < 1.29 is 5.11 Å². The molecule has 132 valence electrons. The molecule has 2 aromatic heterocycles. The van der Waals surface area contributed by atoms with Crippen LogP contribution in [0.5, 0.6) is 5.75 Å². The lowest BCUT2D eigenvalue weighted by Crippen LogP contribution is -2.21. The van der Waals surface area contributed by atoms with Crippen molar-refractivity contribution in [3.8, 4) is 5.75 Å². The molecule has 0 aliphatic heterocycles. The second kappa shape index (κ2) is 5.93. The Balaban J connectivity index is 1.88. The smallest absolute Gasteiger partial charge is 0.124 e. The fourth-order valence-corrected chi connectivity index (χ4v) is 4.32. The minimum atomic E-state index is -0.960. The van der Waals surface area contributed by atoms with E-state index in [2.05, 4.69) is 22.1 Å². The topological polar surface area (TPSA) is 51.8 Å². The summed E-state index contributed by atoms with van der Waals surface area (Å²) >= 11 is 7.48. The van der Waals surface area contributed by atoms with Crippen molar-refractivity contribution in [1.82, 2.24) is 9.97 Å². The molecule has 5 rings (SSSR count). The monoisotopic (exact) mass is 372 g/mol. The molecule has 0 spiro atoms. The third-order valence-electron chi connectivity index (χ3n) is 5.16. The lowest BCUT2D eigenvalue weighted by Gasteiger charge is -2.28. The highest BCUT2D eigenvalue weighted by Gasteiger charge is 2.38. The van der Waals surface area contributed by atoms with Crippen LogP contribution in [0, 0.1) is 0 Å². The predicted molar refractivity (Wildman–Crippen MR) is 110 cm³/mol. The van der Waals surface area contributed by atoms with E-state index in [0.29, 0.717) is 0 Å². The van der Waals surface area contributed by atoms with E-state index in [9.17, 15) is 5.11 Å². The number of hydrogen-bond acceptors (Lipinski definition) is 1. The van der Waals surface area contributed by atoms with Gasteiger partial charge < -0.3 is 15.1 Å². The number of aromatic nitrogens is 2. The maximum Gasteiger partial charge on any atom is 0.124 e. The molecule has 0 aliphatic rings. The van der Waals surface area contributed by atoms with Crippen molar-refractivity contribution in [1.29, 1.82) is 0 Å². The summed E-state index contributed by atoms with van der Waals surface area (Å²) in [5, 5.41) is 12.2. The van der Waals surface area contributed by atoms with Gasteiger partial charge in [-0.3, -0.25) is 0 Å². The zero-order valence-electron chi connectivity index (χ0n) is 14.4. The Morgan fingerprint density at radius 2 is 1.26 bits per heavy atom. The Kier molecular flexibility index (Phi) is 3.52. The molecule has 0 saturated heterocycles. The molecule has 27 heavy (non-hydrogen) atoms. The fraction of sp³-hybridized carbons (Fsp3) is 0.0435. The van der Waals surface area contributed by atoms with Crippen molar-refractivity contribution in [3.05, 3.63) is 102 Å². The molecule has 3 aromatic carbocycles. The number of nitrogens with one attached hydrogen (secondary N) is 2. The summed E-state index contributed by atoms with van der Waals surface area (Å²) in [5.74, 6) is 0.192. The molecule has 3 N–H and O–H groups in total. The van der Waals surface area contributed by atoms with E-state index >= 15 is 0 Å². The summed E-state index contributed by atoms with van der Waals surface area (Å²) in [6, 6.07) is 23.4. The van der Waals surface area contributed by atoms with E-state index in [0.717, 1.165) is 38.5 Å². The number of rotatable bonds is 3. The summed E-state index contributed by atoms with van der Waals surface area (Å²) in [5.41, 5.74) is 4.78. The Morgan fingerprint density at radius 3 is 1.81 bits per heavy atom. The highest BCUT2D eigenvalue weighted by atomic mass is 35.5. The van der Waals surface area contributed by atoms with Crippen LogP contribution in [-0.4, -0.2) is 15.1 Å². The lowest BCUT2D eigenvalue weighted by atomic mass is 9.83. The Hall–Kier alpha value is -3.17. The summed E-state index contributed by atoms with van der Waals surface area (Å²) in [4.78, 5) is 5.70. The molecule has 0 fully saturated rings. The first kappa shape index (κ1) is 16.0. The zero-order valence-corrected chi connectivity index (χ0v) is 15.2. The van der Waals surface area contributed by atoms with E-state index in [-0.39, 0.29) is 5.75 Å². The zero-order chi connectivity index (χ0) is 18.4. The first-order valence-electron chi connectivity index (χ1n) is 8.79. The summed E-state index contributed by atoms with van der Waals surface area (Å²) in [6.45, 7) is 0. The number of H-pyrrole nitrogens is 2. The number of aromatic amines is 2. The lowest BCUT2D eigenvalue weighted by molar-refractivity contribution is 0.474. The molecular formula is C23H17ClN2O. The third-order valence-corrected chi connectivity index (χ3v) is 5.79. The van der Waals surface area contributed by atoms with Gasteiger partial charge in [0, 0.05) is 45.3 Å². The summed E-state index contributed by atoms with van der Waals surface area (Å²) in [6.07, 6.45) is 3.92. The van der Waals surface area contributed by atoms with Crippen molar-refractivity contribution in [2.24, 2.45) is 0 Å². The van der Waals surface area contributed by atoms with Crippen molar-refractivity contribution in [2.75, 3.05) is 0 Å². The second-order valence-corrected chi connectivity index (χ2v) is 7.27. The number of para-hydroxylation sites is 2. The SMILES string of the molecule is Oc1cccc(C(Cl)(c2c[nH]c3ccccc23)c2c[nH]c3ccccc23)c1. The van der Waals surface area contributed by atoms with Crippen LogP contribution in [-0.2, 0) is 4.87 Å². The fourth-order valence-electron chi connectivity index (χ4n) is 3.89. The largest absolute Gasteiger partial charge is 0.508 e. The average Bonchev–Trinajstić information content (AvgIpc) is 3.32. The molecule has 0 radical (unpaired) electrons. The molecule has 5 aromatic rings. The van der Waals surface area contributed by atoms with Crippen LogP contribution >= 0.6 is 11.6 Å². The Labute approximate surface area is 161 Å². The van der Waals surface area contributed by atoms with Crippen LogP contribution in [0.25, 0.3) is 21.8 Å². The van der Waals surface area contributed by atoms with Crippen LogP contribution in [0.3, 0.4) is 0 Å². The van der Waals surface area contributed by atoms with Crippen LogP contribution in [0.2, 0.25) is 0 Å². The van der Waals surface area contributed by atoms with Gasteiger partial charge in [0.05, 0.1) is 0 Å². The first-order chi connectivity index (χ1) is 13.2. The highest BCUT2D eigenvalue weighted by Crippen LogP contribution is 2.48. The van der Waals surface area contributed by atoms with E-state index in [4.69, 9.17) is 11.6 Å². The summed E-state index contributed by atoms with van der Waals surface area (Å²) < 4.78 is 0. The molecule has 0 amide bonds. The van der Waals surface area contributed by atoms with E-state index in [1.54, 1.807) is 12.1 Å². The molecule has 0 unspecified atom stereocenters. The van der Waals surface area contributed by atoms with Crippen LogP contribution in [0.4, 0.5) is 0 Å². The second-order valence-electron chi connectivity index (χ2n) is 6.70. The molecular weight excluding hydrogens is 356 g/mol. The molecule has 2 heterocycles. The number of fused-ring (bicyclic) bond motifs is 2.